The van der Waals surface area contributed by atoms with Crippen molar-refractivity contribution in [1.82, 2.24) is 14.9 Å². The highest BCUT2D eigenvalue weighted by Gasteiger charge is 2.22. The van der Waals surface area contributed by atoms with Gasteiger partial charge in [0.05, 0.1) is 24.9 Å². The quantitative estimate of drug-likeness (QED) is 0.532. The molecular weight excluding hydrogens is 434 g/mol. The van der Waals surface area contributed by atoms with Crippen molar-refractivity contribution in [2.45, 2.75) is 23.6 Å². The number of nitrogens with zero attached hydrogens (tertiary/aromatic N) is 4. The van der Waals surface area contributed by atoms with Crippen molar-refractivity contribution < 1.29 is 9.53 Å². The molecule has 1 N–H and O–H groups in total. The van der Waals surface area contributed by atoms with Gasteiger partial charge in [-0.1, -0.05) is 18.2 Å². The topological polar surface area (TPSA) is 70.6 Å². The Kier molecular flexibility index (Phi) is 7.47. The second kappa shape index (κ2) is 10.7. The second-order valence-corrected chi connectivity index (χ2v) is 9.21. The molecule has 2 amide bonds. The molecule has 172 valence electrons. The summed E-state index contributed by atoms with van der Waals surface area (Å²) in [6, 6.07) is 20.2. The molecule has 8 heteroatoms. The summed E-state index contributed by atoms with van der Waals surface area (Å²) in [5, 5.41) is 2.86. The lowest BCUT2D eigenvalue weighted by Crippen LogP contribution is -2.44. The lowest BCUT2D eigenvalue weighted by molar-refractivity contribution is 0.0985. The van der Waals surface area contributed by atoms with Gasteiger partial charge < -0.3 is 19.9 Å². The summed E-state index contributed by atoms with van der Waals surface area (Å²) in [7, 11) is 3.43. The van der Waals surface area contributed by atoms with Crippen molar-refractivity contribution in [3.8, 4) is 11.4 Å². The fourth-order valence-corrected chi connectivity index (χ4v) is 4.32. The summed E-state index contributed by atoms with van der Waals surface area (Å²) in [6.45, 7) is 4.34. The maximum atomic E-state index is 11.9. The van der Waals surface area contributed by atoms with Gasteiger partial charge in [-0.15, -0.1) is 11.8 Å². The van der Waals surface area contributed by atoms with Gasteiger partial charge in [-0.05, 0) is 43.3 Å². The molecule has 4 rings (SSSR count). The van der Waals surface area contributed by atoms with Crippen LogP contribution >= 0.6 is 11.8 Å². The van der Waals surface area contributed by atoms with Crippen LogP contribution in [0.25, 0.3) is 11.4 Å². The number of carbonyl (C=O) groups excluding carboxylic acids is 1. The number of thioether (sulfide) groups is 1. The Bertz CT molecular complexity index is 1080. The van der Waals surface area contributed by atoms with E-state index in [2.05, 4.69) is 35.3 Å². The Morgan fingerprint density at radius 1 is 1.15 bits per heavy atom. The van der Waals surface area contributed by atoms with Gasteiger partial charge in [-0.2, -0.15) is 0 Å². The van der Waals surface area contributed by atoms with Gasteiger partial charge in [0.15, 0.2) is 5.82 Å². The highest BCUT2D eigenvalue weighted by atomic mass is 32.2. The zero-order valence-corrected chi connectivity index (χ0v) is 20.0. The number of morpholine rings is 1. The maximum absolute atomic E-state index is 11.9. The van der Waals surface area contributed by atoms with Gasteiger partial charge in [0.1, 0.15) is 5.82 Å². The molecule has 0 saturated carbocycles. The molecule has 2 heterocycles. The summed E-state index contributed by atoms with van der Waals surface area (Å²) in [5.74, 6) is 2.35. The van der Waals surface area contributed by atoms with E-state index in [4.69, 9.17) is 14.7 Å². The molecule has 0 unspecified atom stereocenters. The van der Waals surface area contributed by atoms with Crippen molar-refractivity contribution in [2.24, 2.45) is 0 Å². The molecule has 1 aliphatic rings. The van der Waals surface area contributed by atoms with Gasteiger partial charge in [0.2, 0.25) is 0 Å². The van der Waals surface area contributed by atoms with E-state index in [9.17, 15) is 4.79 Å². The lowest BCUT2D eigenvalue weighted by atomic mass is 10.2. The van der Waals surface area contributed by atoms with Crippen LogP contribution in [0.3, 0.4) is 0 Å². The van der Waals surface area contributed by atoms with Crippen LogP contribution in [-0.4, -0.2) is 60.8 Å². The van der Waals surface area contributed by atoms with Crippen LogP contribution in [0.2, 0.25) is 0 Å². The monoisotopic (exact) mass is 463 g/mol. The highest BCUT2D eigenvalue weighted by Crippen LogP contribution is 2.28. The van der Waals surface area contributed by atoms with Crippen LogP contribution in [0.4, 0.5) is 16.3 Å². The summed E-state index contributed by atoms with van der Waals surface area (Å²) in [4.78, 5) is 26.7. The number of nitrogens with one attached hydrogen (secondary N) is 1. The molecule has 33 heavy (non-hydrogen) atoms. The average Bonchev–Trinajstić information content (AvgIpc) is 2.84. The normalized spacial score (nSPS) is 15.8. The number of urea groups is 1. The fraction of sp³-hybridized carbons (Fsp3) is 0.320. The standard InChI is InChI=1S/C25H29N5O2S/c1-18-16-32-14-13-30(18)23-15-21(17-33-22-7-5-4-6-8-22)26-24(28-23)19-9-11-20(12-10-19)27-25(31)29(2)3/h4-12,15,18H,13-14,16-17H2,1-3H3,(H,27,31)/t18-/m0/s1. The number of hydrogen-bond acceptors (Lipinski definition) is 6. The van der Waals surface area contributed by atoms with Crippen LogP contribution in [0, 0.1) is 0 Å². The lowest BCUT2D eigenvalue weighted by Gasteiger charge is -2.34. The number of ether oxygens (including phenoxy) is 1. The molecule has 7 nitrogen and oxygen atoms in total. The minimum Gasteiger partial charge on any atom is -0.377 e. The second-order valence-electron chi connectivity index (χ2n) is 8.16. The third-order valence-corrected chi connectivity index (χ3v) is 6.40. The number of aromatic nitrogens is 2. The Morgan fingerprint density at radius 2 is 1.91 bits per heavy atom. The van der Waals surface area contributed by atoms with E-state index < -0.39 is 0 Å². The van der Waals surface area contributed by atoms with E-state index in [1.807, 2.05) is 42.5 Å². The third kappa shape index (κ3) is 6.03. The molecule has 1 aromatic heterocycles. The predicted molar refractivity (Wildman–Crippen MR) is 134 cm³/mol. The summed E-state index contributed by atoms with van der Waals surface area (Å²) < 4.78 is 5.62. The van der Waals surface area contributed by atoms with E-state index in [1.54, 1.807) is 25.9 Å². The Balaban J connectivity index is 1.61. The zero-order valence-electron chi connectivity index (χ0n) is 19.2. The first kappa shape index (κ1) is 23.1. The van der Waals surface area contributed by atoms with Crippen LogP contribution in [0.15, 0.2) is 65.6 Å². The maximum Gasteiger partial charge on any atom is 0.321 e. The number of amides is 2. The summed E-state index contributed by atoms with van der Waals surface area (Å²) in [5.41, 5.74) is 2.62. The molecule has 0 aliphatic carbocycles. The minimum atomic E-state index is -0.164. The molecule has 0 radical (unpaired) electrons. The van der Waals surface area contributed by atoms with Crippen molar-refractivity contribution in [2.75, 3.05) is 44.1 Å². The molecule has 1 fully saturated rings. The van der Waals surface area contributed by atoms with Gasteiger partial charge in [0.25, 0.3) is 0 Å². The number of rotatable bonds is 6. The Labute approximate surface area is 199 Å². The van der Waals surface area contributed by atoms with Crippen molar-refractivity contribution in [1.29, 1.82) is 0 Å². The molecule has 0 spiro atoms. The molecule has 1 saturated heterocycles. The first-order valence-electron chi connectivity index (χ1n) is 11.0. The van der Waals surface area contributed by atoms with Gasteiger partial charge in [0, 0.05) is 48.6 Å². The number of benzene rings is 2. The molecule has 0 bridgehead atoms. The largest absolute Gasteiger partial charge is 0.377 e. The van der Waals surface area contributed by atoms with Crippen LogP contribution < -0.4 is 10.2 Å². The molecular formula is C25H29N5O2S. The first-order valence-corrected chi connectivity index (χ1v) is 12.0. The van der Waals surface area contributed by atoms with Gasteiger partial charge in [-0.25, -0.2) is 14.8 Å². The van der Waals surface area contributed by atoms with Crippen LogP contribution in [0.1, 0.15) is 12.6 Å². The van der Waals surface area contributed by atoms with Crippen LogP contribution in [0.5, 0.6) is 0 Å². The fourth-order valence-electron chi connectivity index (χ4n) is 3.51. The predicted octanol–water partition coefficient (Wildman–Crippen LogP) is 4.75. The Morgan fingerprint density at radius 3 is 2.61 bits per heavy atom. The van der Waals surface area contributed by atoms with E-state index in [0.29, 0.717) is 19.0 Å². The van der Waals surface area contributed by atoms with Gasteiger partial charge in [-0.3, -0.25) is 0 Å². The zero-order chi connectivity index (χ0) is 23.2. The van der Waals surface area contributed by atoms with E-state index in [1.165, 1.54) is 9.80 Å². The van der Waals surface area contributed by atoms with Crippen molar-refractivity contribution >= 4 is 29.3 Å². The molecule has 3 aromatic rings. The number of hydrogen-bond donors (Lipinski definition) is 1. The number of anilines is 2. The van der Waals surface area contributed by atoms with Crippen molar-refractivity contribution in [3.05, 3.63) is 66.4 Å². The van der Waals surface area contributed by atoms with E-state index in [0.717, 1.165) is 35.1 Å². The minimum absolute atomic E-state index is 0.164. The van der Waals surface area contributed by atoms with Crippen molar-refractivity contribution in [3.63, 3.8) is 0 Å². The summed E-state index contributed by atoms with van der Waals surface area (Å²) in [6.07, 6.45) is 0. The third-order valence-electron chi connectivity index (χ3n) is 5.36. The SMILES string of the molecule is C[C@H]1COCCN1c1cc(CSc2ccccc2)nc(-c2ccc(NC(=O)N(C)C)cc2)n1. The Hall–Kier alpha value is -3.10. The first-order chi connectivity index (χ1) is 16.0. The van der Waals surface area contributed by atoms with Gasteiger partial charge >= 0.3 is 6.03 Å². The molecule has 1 aliphatic heterocycles. The smallest absolute Gasteiger partial charge is 0.321 e. The van der Waals surface area contributed by atoms with E-state index in [-0.39, 0.29) is 12.1 Å². The van der Waals surface area contributed by atoms with Crippen LogP contribution in [-0.2, 0) is 10.5 Å². The highest BCUT2D eigenvalue weighted by molar-refractivity contribution is 7.98. The average molecular weight is 464 g/mol. The summed E-state index contributed by atoms with van der Waals surface area (Å²) >= 11 is 1.76. The molecule has 2 aromatic carbocycles. The molecule has 1 atom stereocenters. The van der Waals surface area contributed by atoms with E-state index >= 15 is 0 Å². The number of carbonyl (C=O) groups is 1.